The molecule has 3 nitrogen and oxygen atoms in total. The van der Waals surface area contributed by atoms with Crippen LogP contribution in [0.2, 0.25) is 5.02 Å². The van der Waals surface area contributed by atoms with E-state index in [0.29, 0.717) is 0 Å². The highest BCUT2D eigenvalue weighted by atomic mass is 35.5. The van der Waals surface area contributed by atoms with Crippen molar-refractivity contribution in [2.45, 2.75) is 12.5 Å². The van der Waals surface area contributed by atoms with Crippen molar-refractivity contribution in [2.24, 2.45) is 11.7 Å². The normalized spacial score (nSPS) is 23.9. The zero-order chi connectivity index (χ0) is 12.4. The number of hydrogen-bond acceptors (Lipinski definition) is 2. The van der Waals surface area contributed by atoms with Crippen molar-refractivity contribution in [1.29, 1.82) is 0 Å². The molecule has 1 aliphatic rings. The quantitative estimate of drug-likeness (QED) is 0.860. The number of rotatable bonds is 3. The second kappa shape index (κ2) is 5.02. The molecule has 1 radical (unpaired) electrons. The van der Waals surface area contributed by atoms with E-state index in [9.17, 15) is 9.18 Å². The van der Waals surface area contributed by atoms with Crippen molar-refractivity contribution in [2.75, 3.05) is 6.54 Å². The highest BCUT2D eigenvalue weighted by Gasteiger charge is 2.31. The number of nitrogens with two attached hydrogens (primary N) is 1. The van der Waals surface area contributed by atoms with Crippen molar-refractivity contribution in [1.82, 2.24) is 5.32 Å². The fourth-order valence-electron chi connectivity index (χ4n) is 2.08. The number of halogens is 2. The molecule has 2 atom stereocenters. The van der Waals surface area contributed by atoms with Gasteiger partial charge in [-0.05, 0) is 43.0 Å². The minimum atomic E-state index is -0.445. The molecule has 17 heavy (non-hydrogen) atoms. The maximum atomic E-state index is 13.0. The summed E-state index contributed by atoms with van der Waals surface area (Å²) in [6.45, 7) is 0.754. The van der Waals surface area contributed by atoms with E-state index in [2.05, 4.69) is 5.32 Å². The molecule has 3 N–H and O–H groups in total. The van der Waals surface area contributed by atoms with Crippen LogP contribution in [0.1, 0.15) is 12.0 Å². The van der Waals surface area contributed by atoms with Gasteiger partial charge in [0.25, 0.3) is 0 Å². The van der Waals surface area contributed by atoms with Crippen LogP contribution in [0, 0.1) is 18.2 Å². The third-order valence-electron chi connectivity index (χ3n) is 2.93. The van der Waals surface area contributed by atoms with Crippen LogP contribution in [0.3, 0.4) is 0 Å². The molecule has 0 aromatic heterocycles. The van der Waals surface area contributed by atoms with Crippen LogP contribution in [-0.4, -0.2) is 18.5 Å². The molecule has 1 fully saturated rings. The summed E-state index contributed by atoms with van der Waals surface area (Å²) in [5.41, 5.74) is 6.09. The molecule has 91 valence electrons. The van der Waals surface area contributed by atoms with E-state index < -0.39 is 5.82 Å². The van der Waals surface area contributed by atoms with E-state index >= 15 is 0 Å². The molecule has 1 aromatic rings. The van der Waals surface area contributed by atoms with Crippen LogP contribution in [-0.2, 0) is 4.79 Å². The average molecular weight is 256 g/mol. The summed E-state index contributed by atoms with van der Waals surface area (Å²) in [4.78, 5) is 11.2. The number of primary amides is 1. The predicted molar refractivity (Wildman–Crippen MR) is 63.9 cm³/mol. The van der Waals surface area contributed by atoms with Gasteiger partial charge in [0.2, 0.25) is 5.91 Å². The summed E-state index contributed by atoms with van der Waals surface area (Å²) in [6, 6.07) is 4.15. The summed E-state index contributed by atoms with van der Waals surface area (Å²) in [6.07, 6.45) is 2.74. The smallest absolute Gasteiger partial charge is 0.234 e. The Morgan fingerprint density at radius 2 is 2.35 bits per heavy atom. The zero-order valence-electron chi connectivity index (χ0n) is 9.12. The van der Waals surface area contributed by atoms with Gasteiger partial charge in [-0.25, -0.2) is 4.39 Å². The lowest BCUT2D eigenvalue weighted by Gasteiger charge is -2.16. The molecule has 0 saturated carbocycles. The first kappa shape index (κ1) is 12.3. The Morgan fingerprint density at radius 3 is 3.00 bits per heavy atom. The molecule has 0 aliphatic carbocycles. The van der Waals surface area contributed by atoms with Gasteiger partial charge in [-0.2, -0.15) is 0 Å². The van der Waals surface area contributed by atoms with Crippen LogP contribution in [0.4, 0.5) is 4.39 Å². The molecule has 1 aromatic carbocycles. The fourth-order valence-corrected chi connectivity index (χ4v) is 2.27. The highest BCUT2D eigenvalue weighted by Crippen LogP contribution is 2.25. The van der Waals surface area contributed by atoms with Crippen molar-refractivity contribution in [3.63, 3.8) is 0 Å². The van der Waals surface area contributed by atoms with Crippen molar-refractivity contribution < 1.29 is 9.18 Å². The Bertz CT molecular complexity index is 439. The summed E-state index contributed by atoms with van der Waals surface area (Å²) >= 11 is 5.70. The monoisotopic (exact) mass is 255 g/mol. The van der Waals surface area contributed by atoms with E-state index in [0.717, 1.165) is 18.5 Å². The van der Waals surface area contributed by atoms with Gasteiger partial charge in [0.15, 0.2) is 0 Å². The van der Waals surface area contributed by atoms with Gasteiger partial charge in [0.1, 0.15) is 5.82 Å². The third-order valence-corrected chi connectivity index (χ3v) is 3.22. The van der Waals surface area contributed by atoms with Crippen LogP contribution < -0.4 is 11.1 Å². The molecular formula is C12H13ClFN2O. The van der Waals surface area contributed by atoms with Gasteiger partial charge in [0.05, 0.1) is 11.1 Å². The van der Waals surface area contributed by atoms with Crippen molar-refractivity contribution in [3.8, 4) is 0 Å². The minimum absolute atomic E-state index is 0.0361. The fraction of sp³-hybridized carbons (Fsp3) is 0.333. The molecule has 1 aliphatic heterocycles. The lowest BCUT2D eigenvalue weighted by atomic mass is 9.92. The van der Waals surface area contributed by atoms with E-state index in [1.165, 1.54) is 6.07 Å². The molecule has 1 heterocycles. The summed E-state index contributed by atoms with van der Waals surface area (Å²) in [5, 5.41) is 3.12. The largest absolute Gasteiger partial charge is 0.368 e. The lowest BCUT2D eigenvalue weighted by Crippen LogP contribution is -2.40. The van der Waals surface area contributed by atoms with E-state index in [4.69, 9.17) is 17.3 Å². The molecule has 0 spiro atoms. The van der Waals surface area contributed by atoms with Crippen molar-refractivity contribution >= 4 is 17.5 Å². The van der Waals surface area contributed by atoms with Gasteiger partial charge >= 0.3 is 0 Å². The van der Waals surface area contributed by atoms with Crippen molar-refractivity contribution in [3.05, 3.63) is 41.0 Å². The molecule has 1 amide bonds. The van der Waals surface area contributed by atoms with Gasteiger partial charge in [-0.3, -0.25) is 4.79 Å². The molecule has 0 unspecified atom stereocenters. The standard InChI is InChI=1S/C12H13ClFN2O/c13-9-6-7(1-2-10(9)14)5-8-3-4-16-11(8)12(15)17/h1-2,5-6,8,11,16H,3-4H2,(H2,15,17)/t8-,11+/m0/s1. The topological polar surface area (TPSA) is 55.1 Å². The number of benzene rings is 1. The number of amides is 1. The van der Waals surface area contributed by atoms with Crippen LogP contribution in [0.15, 0.2) is 18.2 Å². The van der Waals surface area contributed by atoms with Gasteiger partial charge in [0, 0.05) is 0 Å². The minimum Gasteiger partial charge on any atom is -0.368 e. The molecule has 0 bridgehead atoms. The van der Waals surface area contributed by atoms with E-state index in [-0.39, 0.29) is 22.9 Å². The molecule has 1 saturated heterocycles. The summed E-state index contributed by atoms with van der Waals surface area (Å²) < 4.78 is 13.0. The summed E-state index contributed by atoms with van der Waals surface area (Å²) in [7, 11) is 0. The molecule has 2 rings (SSSR count). The second-order valence-electron chi connectivity index (χ2n) is 4.13. The summed E-state index contributed by atoms with van der Waals surface area (Å²) in [5.74, 6) is -0.772. The zero-order valence-corrected chi connectivity index (χ0v) is 9.88. The van der Waals surface area contributed by atoms with Gasteiger partial charge in [-0.15, -0.1) is 0 Å². The number of carbonyl (C=O) groups is 1. The highest BCUT2D eigenvalue weighted by molar-refractivity contribution is 6.30. The Morgan fingerprint density at radius 1 is 1.59 bits per heavy atom. The Hall–Kier alpha value is -1.13. The maximum Gasteiger partial charge on any atom is 0.234 e. The first-order valence-electron chi connectivity index (χ1n) is 5.40. The molecular weight excluding hydrogens is 243 g/mol. The third kappa shape index (κ3) is 2.76. The number of hydrogen-bond donors (Lipinski definition) is 2. The van der Waals surface area contributed by atoms with E-state index in [1.54, 1.807) is 12.1 Å². The van der Waals surface area contributed by atoms with Gasteiger partial charge < -0.3 is 11.1 Å². The van der Waals surface area contributed by atoms with Crippen LogP contribution in [0.25, 0.3) is 0 Å². The van der Waals surface area contributed by atoms with Gasteiger partial charge in [-0.1, -0.05) is 17.7 Å². The second-order valence-corrected chi connectivity index (χ2v) is 4.53. The lowest BCUT2D eigenvalue weighted by molar-refractivity contribution is -0.120. The average Bonchev–Trinajstić information content (AvgIpc) is 2.72. The Balaban J connectivity index is 2.09. The SMILES string of the molecule is NC(=O)[C@@H]1NCC[C@H]1[CH]c1ccc(F)c(Cl)c1. The number of nitrogens with one attached hydrogen (secondary N) is 1. The predicted octanol–water partition coefficient (Wildman–Crippen LogP) is 1.49. The van der Waals surface area contributed by atoms with Crippen LogP contribution >= 0.6 is 11.6 Å². The first-order chi connectivity index (χ1) is 8.08. The first-order valence-corrected chi connectivity index (χ1v) is 5.78. The maximum absolute atomic E-state index is 13.0. The van der Waals surface area contributed by atoms with E-state index in [1.807, 2.05) is 6.42 Å². The Labute approximate surface area is 104 Å². The molecule has 5 heteroatoms. The number of carbonyl (C=O) groups excluding carboxylic acids is 1. The Kier molecular flexibility index (Phi) is 3.64. The van der Waals surface area contributed by atoms with Crippen LogP contribution in [0.5, 0.6) is 0 Å².